The largest absolute Gasteiger partial charge is 0.454 e. The van der Waals surface area contributed by atoms with Gasteiger partial charge in [-0.1, -0.05) is 12.1 Å². The van der Waals surface area contributed by atoms with E-state index >= 15 is 0 Å². The summed E-state index contributed by atoms with van der Waals surface area (Å²) in [6.07, 6.45) is 5.08. The van der Waals surface area contributed by atoms with Crippen LogP contribution in [0.25, 0.3) is 6.08 Å². The van der Waals surface area contributed by atoms with Crippen molar-refractivity contribution in [1.82, 2.24) is 5.32 Å². The molecule has 1 fully saturated rings. The molecule has 2 aromatic carbocycles. The zero-order valence-corrected chi connectivity index (χ0v) is 15.9. The summed E-state index contributed by atoms with van der Waals surface area (Å²) in [6, 6.07) is 10.4. The number of hydrogen-bond donors (Lipinski definition) is 2. The average molecular weight is 392 g/mol. The second-order valence-corrected chi connectivity index (χ2v) is 7.00. The van der Waals surface area contributed by atoms with Gasteiger partial charge in [0.15, 0.2) is 17.3 Å². The molecule has 0 saturated heterocycles. The Morgan fingerprint density at radius 2 is 1.72 bits per heavy atom. The van der Waals surface area contributed by atoms with Gasteiger partial charge in [-0.25, -0.2) is 0 Å². The summed E-state index contributed by atoms with van der Waals surface area (Å²) in [5.41, 5.74) is 2.08. The Kier molecular flexibility index (Phi) is 5.03. The van der Waals surface area contributed by atoms with E-state index in [4.69, 9.17) is 9.47 Å². The smallest absolute Gasteiger partial charge is 0.251 e. The Morgan fingerprint density at radius 3 is 2.38 bits per heavy atom. The van der Waals surface area contributed by atoms with Gasteiger partial charge in [-0.3, -0.25) is 14.4 Å². The molecule has 0 radical (unpaired) electrons. The molecule has 29 heavy (non-hydrogen) atoms. The molecular formula is C22H20N2O5. The summed E-state index contributed by atoms with van der Waals surface area (Å²) >= 11 is 0. The molecule has 2 aromatic rings. The Hall–Kier alpha value is -3.61. The van der Waals surface area contributed by atoms with Crippen LogP contribution in [0.5, 0.6) is 11.5 Å². The number of carbonyl (C=O) groups is 3. The first-order valence-corrected chi connectivity index (χ1v) is 9.34. The monoisotopic (exact) mass is 392 g/mol. The molecule has 0 bridgehead atoms. The van der Waals surface area contributed by atoms with E-state index in [1.807, 2.05) is 0 Å². The molecule has 1 aliphatic carbocycles. The van der Waals surface area contributed by atoms with E-state index in [1.165, 1.54) is 13.0 Å². The van der Waals surface area contributed by atoms with E-state index in [9.17, 15) is 14.4 Å². The highest BCUT2D eigenvalue weighted by Crippen LogP contribution is 2.37. The van der Waals surface area contributed by atoms with E-state index in [0.29, 0.717) is 34.4 Å². The number of ketones is 1. The van der Waals surface area contributed by atoms with Gasteiger partial charge < -0.3 is 20.1 Å². The number of carbonyl (C=O) groups excluding carboxylic acids is 3. The summed E-state index contributed by atoms with van der Waals surface area (Å²) in [4.78, 5) is 36.2. The maximum atomic E-state index is 12.3. The van der Waals surface area contributed by atoms with E-state index in [-0.39, 0.29) is 24.4 Å². The first-order chi connectivity index (χ1) is 14.0. The Labute approximate surface area is 167 Å². The van der Waals surface area contributed by atoms with Crippen molar-refractivity contribution in [2.24, 2.45) is 0 Å². The molecular weight excluding hydrogens is 372 g/mol. The maximum absolute atomic E-state index is 12.3. The van der Waals surface area contributed by atoms with Crippen LogP contribution in [-0.4, -0.2) is 30.4 Å². The number of benzene rings is 2. The van der Waals surface area contributed by atoms with Gasteiger partial charge in [-0.05, 0) is 49.6 Å². The SMILES string of the molecule is CC(=O)c1cc2c(cc1NC(=O)/C=C/c1ccc(C(=O)NC3CC3)cc1)OCO2. The summed E-state index contributed by atoms with van der Waals surface area (Å²) in [5, 5.41) is 5.64. The lowest BCUT2D eigenvalue weighted by Gasteiger charge is -2.09. The third kappa shape index (κ3) is 4.45. The second-order valence-electron chi connectivity index (χ2n) is 7.00. The first-order valence-electron chi connectivity index (χ1n) is 9.34. The van der Waals surface area contributed by atoms with Crippen LogP contribution >= 0.6 is 0 Å². The average Bonchev–Trinajstić information content (AvgIpc) is 3.40. The summed E-state index contributed by atoms with van der Waals surface area (Å²) in [7, 11) is 0. The highest BCUT2D eigenvalue weighted by Gasteiger charge is 2.23. The van der Waals surface area contributed by atoms with Gasteiger partial charge in [0.05, 0.1) is 5.69 Å². The minimum atomic E-state index is -0.387. The molecule has 2 amide bonds. The molecule has 7 heteroatoms. The van der Waals surface area contributed by atoms with Crippen LogP contribution in [0, 0.1) is 0 Å². The zero-order chi connectivity index (χ0) is 20.4. The zero-order valence-electron chi connectivity index (χ0n) is 15.9. The van der Waals surface area contributed by atoms with Gasteiger partial charge in [-0.2, -0.15) is 0 Å². The van der Waals surface area contributed by atoms with Crippen molar-refractivity contribution >= 4 is 29.4 Å². The van der Waals surface area contributed by atoms with Gasteiger partial charge in [0.1, 0.15) is 0 Å². The molecule has 2 aliphatic rings. The van der Waals surface area contributed by atoms with Crippen LogP contribution in [0.2, 0.25) is 0 Å². The minimum Gasteiger partial charge on any atom is -0.454 e. The predicted octanol–water partition coefficient (Wildman–Crippen LogP) is 3.16. The quantitative estimate of drug-likeness (QED) is 0.582. The number of nitrogens with one attached hydrogen (secondary N) is 2. The molecule has 7 nitrogen and oxygen atoms in total. The number of rotatable bonds is 6. The minimum absolute atomic E-state index is 0.0820. The van der Waals surface area contributed by atoms with Crippen LogP contribution in [0.3, 0.4) is 0 Å². The van der Waals surface area contributed by atoms with E-state index in [2.05, 4.69) is 10.6 Å². The molecule has 4 rings (SSSR count). The molecule has 1 heterocycles. The topological polar surface area (TPSA) is 93.7 Å². The van der Waals surface area contributed by atoms with E-state index in [0.717, 1.165) is 18.4 Å². The van der Waals surface area contributed by atoms with Crippen LogP contribution in [0.15, 0.2) is 42.5 Å². The third-order valence-corrected chi connectivity index (χ3v) is 4.66. The standard InChI is InChI=1S/C22H20N2O5/c1-13(25)17-10-19-20(29-12-28-19)11-18(17)24-21(26)9-4-14-2-5-15(6-3-14)22(27)23-16-7-8-16/h2-6,9-11,16H,7-8,12H2,1H3,(H,23,27)(H,24,26)/b9-4+. The number of Topliss-reactive ketones (excluding diaryl/α,β-unsaturated/α-hetero) is 1. The molecule has 148 valence electrons. The fraction of sp³-hybridized carbons (Fsp3) is 0.227. The normalized spacial score (nSPS) is 14.7. The molecule has 0 spiro atoms. The van der Waals surface area contributed by atoms with Crippen molar-refractivity contribution in [3.05, 3.63) is 59.2 Å². The van der Waals surface area contributed by atoms with Gasteiger partial charge in [0.2, 0.25) is 12.7 Å². The van der Waals surface area contributed by atoms with E-state index < -0.39 is 0 Å². The lowest BCUT2D eigenvalue weighted by Crippen LogP contribution is -2.25. The highest BCUT2D eigenvalue weighted by atomic mass is 16.7. The maximum Gasteiger partial charge on any atom is 0.251 e. The Balaban J connectivity index is 1.42. The number of hydrogen-bond acceptors (Lipinski definition) is 5. The van der Waals surface area contributed by atoms with Crippen LogP contribution < -0.4 is 20.1 Å². The summed E-state index contributed by atoms with van der Waals surface area (Å²) in [6.45, 7) is 1.50. The van der Waals surface area contributed by atoms with Crippen molar-refractivity contribution < 1.29 is 23.9 Å². The van der Waals surface area contributed by atoms with Crippen molar-refractivity contribution in [1.29, 1.82) is 0 Å². The van der Waals surface area contributed by atoms with Crippen LogP contribution in [0.1, 0.15) is 46.0 Å². The molecule has 0 atom stereocenters. The highest BCUT2D eigenvalue weighted by molar-refractivity contribution is 6.08. The second kappa shape index (κ2) is 7.79. The third-order valence-electron chi connectivity index (χ3n) is 4.66. The number of anilines is 1. The predicted molar refractivity (Wildman–Crippen MR) is 107 cm³/mol. The number of ether oxygens (including phenoxy) is 2. The van der Waals surface area contributed by atoms with E-state index in [1.54, 1.807) is 42.5 Å². The van der Waals surface area contributed by atoms with Crippen molar-refractivity contribution in [2.75, 3.05) is 12.1 Å². The number of fused-ring (bicyclic) bond motifs is 1. The molecule has 1 saturated carbocycles. The fourth-order valence-electron chi connectivity index (χ4n) is 2.92. The Morgan fingerprint density at radius 1 is 1.03 bits per heavy atom. The summed E-state index contributed by atoms with van der Waals surface area (Å²) in [5.74, 6) is 0.300. The number of amides is 2. The first kappa shape index (κ1) is 18.7. The Bertz CT molecular complexity index is 1010. The van der Waals surface area contributed by atoms with Crippen molar-refractivity contribution in [3.63, 3.8) is 0 Å². The molecule has 0 unspecified atom stereocenters. The van der Waals surface area contributed by atoms with Crippen molar-refractivity contribution in [2.45, 2.75) is 25.8 Å². The van der Waals surface area contributed by atoms with Gasteiger partial charge >= 0.3 is 0 Å². The van der Waals surface area contributed by atoms with Crippen LogP contribution in [0.4, 0.5) is 5.69 Å². The van der Waals surface area contributed by atoms with Crippen molar-refractivity contribution in [3.8, 4) is 11.5 Å². The lowest BCUT2D eigenvalue weighted by molar-refractivity contribution is -0.111. The van der Waals surface area contributed by atoms with Gasteiger partial charge in [0.25, 0.3) is 5.91 Å². The van der Waals surface area contributed by atoms with Crippen LogP contribution in [-0.2, 0) is 4.79 Å². The fourth-order valence-corrected chi connectivity index (χ4v) is 2.92. The lowest BCUT2D eigenvalue weighted by atomic mass is 10.1. The molecule has 0 aromatic heterocycles. The van der Waals surface area contributed by atoms with Gasteiger partial charge in [0, 0.05) is 29.3 Å². The van der Waals surface area contributed by atoms with Gasteiger partial charge in [-0.15, -0.1) is 0 Å². The molecule has 2 N–H and O–H groups in total. The molecule has 1 aliphatic heterocycles. The summed E-state index contributed by atoms with van der Waals surface area (Å²) < 4.78 is 10.6.